The van der Waals surface area contributed by atoms with Crippen molar-refractivity contribution in [1.29, 1.82) is 0 Å². The van der Waals surface area contributed by atoms with E-state index < -0.39 is 22.9 Å². The van der Waals surface area contributed by atoms with Gasteiger partial charge in [0, 0.05) is 65.1 Å². The van der Waals surface area contributed by atoms with Crippen LogP contribution >= 0.6 is 11.3 Å². The summed E-state index contributed by atoms with van der Waals surface area (Å²) in [7, 11) is 1.71. The number of aryl methyl sites for hydroxylation is 1. The average Bonchev–Trinajstić information content (AvgIpc) is 4.03. The molecule has 3 aromatic heterocycles. The molecule has 5 heterocycles. The molecule has 0 unspecified atom stereocenters. The third-order valence-corrected chi connectivity index (χ3v) is 14.3. The maximum Gasteiger partial charge on any atom is 0.325 e. The van der Waals surface area contributed by atoms with Crippen LogP contribution in [-0.4, -0.2) is 69.7 Å². The van der Waals surface area contributed by atoms with Crippen LogP contribution in [0, 0.1) is 29.1 Å². The second-order valence-corrected chi connectivity index (χ2v) is 18.4. The summed E-state index contributed by atoms with van der Waals surface area (Å²) in [4.78, 5) is 52.6. The summed E-state index contributed by atoms with van der Waals surface area (Å²) >= 11 is 1.58. The van der Waals surface area contributed by atoms with Gasteiger partial charge >= 0.3 is 5.97 Å². The summed E-state index contributed by atoms with van der Waals surface area (Å²) in [6.07, 6.45) is 6.36. The number of rotatable bonds is 6. The Morgan fingerprint density at radius 1 is 1.20 bits per heavy atom. The summed E-state index contributed by atoms with van der Waals surface area (Å²) in [6, 6.07) is 9.27. The second kappa shape index (κ2) is 13.5. The highest BCUT2D eigenvalue weighted by Crippen LogP contribution is 2.51. The lowest BCUT2D eigenvalue weighted by Crippen LogP contribution is -2.66. The molecule has 1 saturated heterocycles. The fourth-order valence-electron chi connectivity index (χ4n) is 9.51. The number of esters is 1. The number of benzene rings is 1. The van der Waals surface area contributed by atoms with Crippen LogP contribution in [0.2, 0.25) is 0 Å². The third kappa shape index (κ3) is 6.19. The van der Waals surface area contributed by atoms with E-state index in [2.05, 4.69) is 72.7 Å². The molecule has 0 radical (unpaired) electrons. The van der Waals surface area contributed by atoms with Gasteiger partial charge in [0.25, 0.3) is 5.91 Å². The molecular formula is C43H52N6O5S. The standard InChI is InChI=1S/C43H52N6O5S/c1-7-48-33-12-11-25-17-30(33)31(36(48)27-10-8-15-44-34(27)24(3)53-6)19-42(4,5)22-54-40(52)35-29-18-26(29)20-49(47-35)39(51)37(46-38(50)28-16-23(28)2)43(13-9-14-43)41-45-32(25)21-55-41/h8,10-12,15,17,21,23-24,26,28-29,35,37,47H,7,9,13-14,16,18-20,22H2,1-6H3,(H,46,50)/t23-,24-,26-,28-,29-,35-,37+/m0/s1. The van der Waals surface area contributed by atoms with Gasteiger partial charge in [0.05, 0.1) is 35.2 Å². The first-order valence-electron chi connectivity index (χ1n) is 20.1. The molecule has 2 amide bonds. The molecular weight excluding hydrogens is 713 g/mol. The topological polar surface area (TPSA) is 128 Å². The highest BCUT2D eigenvalue weighted by molar-refractivity contribution is 7.10. The SMILES string of the molecule is CCn1c(-c2cccnc2[C@H](C)OC)c2c3cc(ccc31)-c1csc(n1)C1(CCC1)[C@H](NC(=O)[C@H]1C[C@@H]1C)C(=O)N1C[C@@H]3C[C@@H]3[C@H](N1)C(=O)OCC(C)(C)C2. The molecule has 1 aromatic carbocycles. The highest BCUT2D eigenvalue weighted by Gasteiger charge is 2.58. The third-order valence-electron chi connectivity index (χ3n) is 13.2. The molecule has 2 N–H and O–H groups in total. The van der Waals surface area contributed by atoms with Crippen molar-refractivity contribution in [3.05, 3.63) is 58.2 Å². The first kappa shape index (κ1) is 36.5. The second-order valence-electron chi connectivity index (χ2n) is 17.6. The van der Waals surface area contributed by atoms with Gasteiger partial charge in [-0.05, 0) is 93.5 Å². The van der Waals surface area contributed by atoms with Gasteiger partial charge < -0.3 is 19.4 Å². The molecule has 6 bridgehead atoms. The number of thiazole rings is 1. The monoisotopic (exact) mass is 764 g/mol. The van der Waals surface area contributed by atoms with Gasteiger partial charge in [-0.2, -0.15) is 0 Å². The van der Waals surface area contributed by atoms with Crippen molar-refractivity contribution in [3.8, 4) is 22.5 Å². The molecule has 5 aliphatic rings. The summed E-state index contributed by atoms with van der Waals surface area (Å²) in [6.45, 7) is 12.0. The quantitative estimate of drug-likeness (QED) is 0.211. The van der Waals surface area contributed by atoms with E-state index in [1.54, 1.807) is 23.5 Å². The van der Waals surface area contributed by atoms with Crippen LogP contribution in [0.3, 0.4) is 0 Å². The highest BCUT2D eigenvalue weighted by atomic mass is 32.1. The summed E-state index contributed by atoms with van der Waals surface area (Å²) in [5, 5.41) is 8.97. The molecule has 7 atom stereocenters. The predicted molar refractivity (Wildman–Crippen MR) is 211 cm³/mol. The number of hydrogen-bond donors (Lipinski definition) is 2. The van der Waals surface area contributed by atoms with E-state index >= 15 is 0 Å². The van der Waals surface area contributed by atoms with Gasteiger partial charge in [0.2, 0.25) is 5.91 Å². The molecule has 11 nitrogen and oxygen atoms in total. The Labute approximate surface area is 326 Å². The molecule has 55 heavy (non-hydrogen) atoms. The fraction of sp³-hybridized carbons (Fsp3) is 0.558. The minimum atomic E-state index is -0.795. The number of amides is 2. The fourth-order valence-corrected chi connectivity index (χ4v) is 10.6. The number of hydrogen-bond acceptors (Lipinski definition) is 9. The Hall–Kier alpha value is -4.13. The van der Waals surface area contributed by atoms with Crippen LogP contribution in [0.5, 0.6) is 0 Å². The lowest BCUT2D eigenvalue weighted by atomic mass is 9.63. The largest absolute Gasteiger partial charge is 0.464 e. The molecule has 3 saturated carbocycles. The normalized spacial score (nSPS) is 28.5. The zero-order valence-electron chi connectivity index (χ0n) is 32.7. The molecule has 12 heteroatoms. The number of methoxy groups -OCH3 is 1. The maximum atomic E-state index is 14.8. The number of cyclic esters (lactones) is 1. The molecule has 9 rings (SSSR count). The van der Waals surface area contributed by atoms with Crippen molar-refractivity contribution >= 4 is 40.0 Å². The Kier molecular flexibility index (Phi) is 8.97. The van der Waals surface area contributed by atoms with Gasteiger partial charge in [-0.25, -0.2) is 10.4 Å². The van der Waals surface area contributed by atoms with E-state index in [1.807, 2.05) is 19.2 Å². The number of hydrazine groups is 1. The van der Waals surface area contributed by atoms with E-state index in [1.165, 1.54) is 0 Å². The van der Waals surface area contributed by atoms with Crippen molar-refractivity contribution in [2.24, 2.45) is 29.1 Å². The van der Waals surface area contributed by atoms with Crippen molar-refractivity contribution in [3.63, 3.8) is 0 Å². The first-order valence-corrected chi connectivity index (χ1v) is 20.9. The summed E-state index contributed by atoms with van der Waals surface area (Å²) in [5.41, 5.74) is 9.36. The Bertz CT molecular complexity index is 2190. The Morgan fingerprint density at radius 2 is 2.00 bits per heavy atom. The number of aromatic nitrogens is 3. The first-order chi connectivity index (χ1) is 26.4. The molecule has 290 valence electrons. The van der Waals surface area contributed by atoms with Crippen molar-refractivity contribution in [1.82, 2.24) is 30.3 Å². The molecule has 3 aliphatic carbocycles. The van der Waals surface area contributed by atoms with Crippen molar-refractivity contribution in [2.75, 3.05) is 20.3 Å². The zero-order chi connectivity index (χ0) is 38.4. The van der Waals surface area contributed by atoms with E-state index in [9.17, 15) is 14.4 Å². The van der Waals surface area contributed by atoms with Crippen LogP contribution in [0.25, 0.3) is 33.4 Å². The van der Waals surface area contributed by atoms with Gasteiger partial charge in [-0.15, -0.1) is 11.3 Å². The van der Waals surface area contributed by atoms with Crippen LogP contribution in [-0.2, 0) is 42.2 Å². The number of pyridine rings is 1. The Balaban J connectivity index is 1.21. The smallest absolute Gasteiger partial charge is 0.325 e. The van der Waals surface area contributed by atoms with Gasteiger partial charge in [-0.1, -0.05) is 33.3 Å². The van der Waals surface area contributed by atoms with E-state index in [0.717, 1.165) is 88.3 Å². The van der Waals surface area contributed by atoms with Gasteiger partial charge in [0.1, 0.15) is 17.1 Å². The number of ether oxygens (including phenoxy) is 2. The van der Waals surface area contributed by atoms with E-state index in [4.69, 9.17) is 19.4 Å². The lowest BCUT2D eigenvalue weighted by molar-refractivity contribution is -0.157. The van der Waals surface area contributed by atoms with Crippen LogP contribution < -0.4 is 10.7 Å². The number of carbonyl (C=O) groups is 3. The van der Waals surface area contributed by atoms with E-state index in [0.29, 0.717) is 18.9 Å². The summed E-state index contributed by atoms with van der Waals surface area (Å²) < 4.78 is 14.4. The summed E-state index contributed by atoms with van der Waals surface area (Å²) in [5.74, 6) is -0.0535. The minimum Gasteiger partial charge on any atom is -0.464 e. The van der Waals surface area contributed by atoms with Gasteiger partial charge in [-0.3, -0.25) is 24.4 Å². The van der Waals surface area contributed by atoms with E-state index in [-0.39, 0.29) is 48.2 Å². The van der Waals surface area contributed by atoms with Crippen LogP contribution in [0.4, 0.5) is 0 Å². The van der Waals surface area contributed by atoms with Crippen LogP contribution in [0.1, 0.15) is 89.1 Å². The van der Waals surface area contributed by atoms with Crippen molar-refractivity contribution < 1.29 is 23.9 Å². The Morgan fingerprint density at radius 3 is 2.71 bits per heavy atom. The predicted octanol–water partition coefficient (Wildman–Crippen LogP) is 6.59. The minimum absolute atomic E-state index is 0.0681. The number of nitrogens with zero attached hydrogens (tertiary/aromatic N) is 4. The van der Waals surface area contributed by atoms with Crippen molar-refractivity contribution in [2.45, 2.75) is 103 Å². The molecule has 1 spiro atoms. The maximum absolute atomic E-state index is 14.8. The molecule has 4 aromatic rings. The molecule has 2 aliphatic heterocycles. The number of fused-ring (bicyclic) bond motifs is 9. The zero-order valence-corrected chi connectivity index (χ0v) is 33.5. The number of nitrogens with one attached hydrogen (secondary N) is 2. The van der Waals surface area contributed by atoms with Crippen LogP contribution in [0.15, 0.2) is 41.9 Å². The molecule has 4 fully saturated rings. The lowest BCUT2D eigenvalue weighted by Gasteiger charge is -2.47. The average molecular weight is 765 g/mol. The number of carbonyl (C=O) groups excluding carboxylic acids is 3. The van der Waals surface area contributed by atoms with Gasteiger partial charge in [0.15, 0.2) is 0 Å².